The molecule has 4 aromatic rings. The molecule has 0 spiro atoms. The Labute approximate surface area is 170 Å². The molecule has 146 valence electrons. The van der Waals surface area contributed by atoms with Crippen molar-refractivity contribution in [3.05, 3.63) is 61.4 Å². The number of hydrogen-bond donors (Lipinski definition) is 2. The second-order valence-electron chi connectivity index (χ2n) is 6.88. The number of nitrogens with one attached hydrogen (secondary N) is 2. The number of aryl methyl sites for hydroxylation is 3. The van der Waals surface area contributed by atoms with Gasteiger partial charge in [-0.15, -0.1) is 11.3 Å². The molecular weight excluding hydrogens is 392 g/mol. The fraction of sp³-hybridized carbons (Fsp3) is 0.350. The van der Waals surface area contributed by atoms with Crippen LogP contribution in [0.25, 0.3) is 21.3 Å². The van der Waals surface area contributed by atoms with Crippen LogP contribution in [-0.4, -0.2) is 25.3 Å². The number of aromatic nitrogens is 4. The number of hydrogen-bond acceptors (Lipinski definition) is 5. The van der Waals surface area contributed by atoms with Gasteiger partial charge >= 0.3 is 5.69 Å². The van der Waals surface area contributed by atoms with E-state index in [9.17, 15) is 9.59 Å². The van der Waals surface area contributed by atoms with Crippen molar-refractivity contribution in [2.75, 3.05) is 5.75 Å². The molecule has 3 aromatic heterocycles. The highest BCUT2D eigenvalue weighted by molar-refractivity contribution is 7.99. The lowest BCUT2D eigenvalue weighted by Crippen LogP contribution is -2.17. The Balaban J connectivity index is 1.43. The fourth-order valence-electron chi connectivity index (χ4n) is 3.35. The van der Waals surface area contributed by atoms with Gasteiger partial charge in [0.15, 0.2) is 0 Å². The summed E-state index contributed by atoms with van der Waals surface area (Å²) >= 11 is 3.31. The molecule has 0 saturated heterocycles. The summed E-state index contributed by atoms with van der Waals surface area (Å²) in [5.41, 5.74) is 2.69. The third kappa shape index (κ3) is 3.42. The highest BCUT2D eigenvalue weighted by atomic mass is 32.2. The Bertz CT molecular complexity index is 1260. The second kappa shape index (κ2) is 7.60. The Morgan fingerprint density at radius 1 is 1.21 bits per heavy atom. The van der Waals surface area contributed by atoms with Crippen molar-refractivity contribution < 1.29 is 0 Å². The minimum atomic E-state index is -0.0702. The molecule has 0 bridgehead atoms. The molecule has 0 aliphatic heterocycles. The van der Waals surface area contributed by atoms with Gasteiger partial charge in [0.05, 0.1) is 21.7 Å². The molecule has 0 amide bonds. The predicted molar refractivity (Wildman–Crippen MR) is 118 cm³/mol. The normalized spacial score (nSPS) is 12.8. The van der Waals surface area contributed by atoms with Crippen LogP contribution in [0.4, 0.5) is 0 Å². The first-order valence-electron chi connectivity index (χ1n) is 9.24. The van der Waals surface area contributed by atoms with Crippen LogP contribution in [0, 0.1) is 13.8 Å². The van der Waals surface area contributed by atoms with E-state index in [1.165, 1.54) is 0 Å². The van der Waals surface area contributed by atoms with E-state index in [2.05, 4.69) is 21.9 Å². The van der Waals surface area contributed by atoms with Crippen LogP contribution in [0.1, 0.15) is 34.9 Å². The summed E-state index contributed by atoms with van der Waals surface area (Å²) < 4.78 is 1.78. The summed E-state index contributed by atoms with van der Waals surface area (Å²) in [4.78, 5) is 37.0. The maximum absolute atomic E-state index is 12.4. The predicted octanol–water partition coefficient (Wildman–Crippen LogP) is 4.13. The van der Waals surface area contributed by atoms with Gasteiger partial charge in [0.2, 0.25) is 0 Å². The first-order chi connectivity index (χ1) is 13.5. The first kappa shape index (κ1) is 19.0. The zero-order valence-corrected chi connectivity index (χ0v) is 17.7. The number of thiophene rings is 1. The molecule has 1 atom stereocenters. The van der Waals surface area contributed by atoms with Gasteiger partial charge in [-0.3, -0.25) is 9.36 Å². The average molecular weight is 415 g/mol. The van der Waals surface area contributed by atoms with E-state index in [4.69, 9.17) is 0 Å². The maximum atomic E-state index is 12.4. The smallest absolute Gasteiger partial charge is 0.309 e. The standard InChI is InChI=1S/C20H22N4O2S2/c1-11-12(2)28-19-16(11)18(25)22-17(23-19)13(3)27-10-6-9-24-15-8-5-4-7-14(15)21-20(24)26/h4-5,7-8,13H,6,9-10H2,1-3H3,(H,21,26)(H,22,23,25). The van der Waals surface area contributed by atoms with Crippen molar-refractivity contribution >= 4 is 44.3 Å². The van der Waals surface area contributed by atoms with Crippen LogP contribution >= 0.6 is 23.1 Å². The van der Waals surface area contributed by atoms with Crippen LogP contribution in [0.5, 0.6) is 0 Å². The largest absolute Gasteiger partial charge is 0.326 e. The molecule has 0 fully saturated rings. The van der Waals surface area contributed by atoms with E-state index in [0.717, 1.165) is 38.5 Å². The van der Waals surface area contributed by atoms with Crippen molar-refractivity contribution in [2.45, 2.75) is 39.0 Å². The Hall–Kier alpha value is -2.32. The fourth-order valence-corrected chi connectivity index (χ4v) is 5.31. The summed E-state index contributed by atoms with van der Waals surface area (Å²) in [5, 5.41) is 0.793. The van der Waals surface area contributed by atoms with E-state index in [1.807, 2.05) is 38.1 Å². The van der Waals surface area contributed by atoms with E-state index in [0.29, 0.717) is 17.8 Å². The molecule has 0 radical (unpaired) electrons. The van der Waals surface area contributed by atoms with E-state index < -0.39 is 0 Å². The van der Waals surface area contributed by atoms with Gasteiger partial charge in [-0.25, -0.2) is 9.78 Å². The maximum Gasteiger partial charge on any atom is 0.326 e. The number of H-pyrrole nitrogens is 2. The second-order valence-corrected chi connectivity index (χ2v) is 9.53. The monoisotopic (exact) mass is 414 g/mol. The number of thioether (sulfide) groups is 1. The van der Waals surface area contributed by atoms with Gasteiger partial charge in [0.1, 0.15) is 10.7 Å². The summed E-state index contributed by atoms with van der Waals surface area (Å²) in [6.07, 6.45) is 0.862. The van der Waals surface area contributed by atoms with Crippen LogP contribution in [0.3, 0.4) is 0 Å². The first-order valence-corrected chi connectivity index (χ1v) is 11.1. The van der Waals surface area contributed by atoms with Crippen LogP contribution in [-0.2, 0) is 6.54 Å². The SMILES string of the molecule is Cc1sc2nc(C(C)SCCCn3c(=O)[nH]c4ccccc43)[nH]c(=O)c2c1C. The van der Waals surface area contributed by atoms with E-state index >= 15 is 0 Å². The Morgan fingerprint density at radius 2 is 2.00 bits per heavy atom. The number of imidazole rings is 1. The van der Waals surface area contributed by atoms with E-state index in [-0.39, 0.29) is 16.5 Å². The molecule has 3 heterocycles. The average Bonchev–Trinajstić information content (AvgIpc) is 3.14. The number of aromatic amines is 2. The number of benzene rings is 1. The molecule has 6 nitrogen and oxygen atoms in total. The molecule has 1 aromatic carbocycles. The van der Waals surface area contributed by atoms with Gasteiger partial charge in [-0.2, -0.15) is 11.8 Å². The molecule has 0 aliphatic rings. The molecule has 8 heteroatoms. The molecule has 4 rings (SSSR count). The Morgan fingerprint density at radius 3 is 2.82 bits per heavy atom. The molecule has 1 unspecified atom stereocenters. The molecule has 0 aliphatic carbocycles. The molecule has 0 saturated carbocycles. The highest BCUT2D eigenvalue weighted by Crippen LogP contribution is 2.30. The van der Waals surface area contributed by atoms with Crippen molar-refractivity contribution in [3.8, 4) is 0 Å². The van der Waals surface area contributed by atoms with Crippen LogP contribution in [0.2, 0.25) is 0 Å². The van der Waals surface area contributed by atoms with Crippen LogP contribution in [0.15, 0.2) is 33.9 Å². The van der Waals surface area contributed by atoms with Gasteiger partial charge in [-0.1, -0.05) is 12.1 Å². The zero-order valence-electron chi connectivity index (χ0n) is 16.0. The van der Waals surface area contributed by atoms with Crippen molar-refractivity contribution in [1.29, 1.82) is 0 Å². The number of nitrogens with zero attached hydrogens (tertiary/aromatic N) is 2. The summed E-state index contributed by atoms with van der Waals surface area (Å²) in [6, 6.07) is 7.73. The van der Waals surface area contributed by atoms with E-state index in [1.54, 1.807) is 27.7 Å². The zero-order chi connectivity index (χ0) is 19.8. The van der Waals surface area contributed by atoms with Crippen molar-refractivity contribution in [1.82, 2.24) is 19.5 Å². The Kier molecular flexibility index (Phi) is 5.16. The summed E-state index contributed by atoms with van der Waals surface area (Å²) in [5.74, 6) is 1.59. The lowest BCUT2D eigenvalue weighted by molar-refractivity contribution is 0.678. The minimum absolute atomic E-state index is 0.0559. The van der Waals surface area contributed by atoms with Gasteiger partial charge in [0, 0.05) is 11.4 Å². The number of fused-ring (bicyclic) bond motifs is 2. The van der Waals surface area contributed by atoms with Crippen molar-refractivity contribution in [2.24, 2.45) is 0 Å². The minimum Gasteiger partial charge on any atom is -0.309 e. The third-order valence-corrected chi connectivity index (χ3v) is 7.37. The molecular formula is C20H22N4O2S2. The third-order valence-electron chi connectivity index (χ3n) is 5.02. The van der Waals surface area contributed by atoms with Crippen molar-refractivity contribution in [3.63, 3.8) is 0 Å². The van der Waals surface area contributed by atoms with Crippen LogP contribution < -0.4 is 11.2 Å². The quantitative estimate of drug-likeness (QED) is 0.465. The van der Waals surface area contributed by atoms with Gasteiger partial charge in [0.25, 0.3) is 5.56 Å². The lowest BCUT2D eigenvalue weighted by Gasteiger charge is -2.11. The van der Waals surface area contributed by atoms with Gasteiger partial charge in [-0.05, 0) is 50.6 Å². The lowest BCUT2D eigenvalue weighted by atomic mass is 10.2. The summed E-state index contributed by atoms with van der Waals surface area (Å²) in [6.45, 7) is 6.70. The van der Waals surface area contributed by atoms with Gasteiger partial charge < -0.3 is 9.97 Å². The molecule has 2 N–H and O–H groups in total. The number of para-hydroxylation sites is 2. The summed E-state index contributed by atoms with van der Waals surface area (Å²) in [7, 11) is 0. The highest BCUT2D eigenvalue weighted by Gasteiger charge is 2.15. The topological polar surface area (TPSA) is 83.5 Å². The number of rotatable bonds is 6. The molecule has 28 heavy (non-hydrogen) atoms.